The van der Waals surface area contributed by atoms with Crippen molar-refractivity contribution < 1.29 is 18.6 Å². The highest BCUT2D eigenvalue weighted by Crippen LogP contribution is 2.35. The summed E-state index contributed by atoms with van der Waals surface area (Å²) >= 11 is 15.2. The standard InChI is InChI=1S/C25H23BrClFN4O3S/c1-3-34-22-11-15(18(26)12-23(22)35-14-17-19(27)8-6-9-20(17)28)13-29-32-24(30-31-25(32)36)16-7-4-5-10-21(16)33-2/h4-12,29H,3,13-14H2,1-2H3,(H,31,36). The molecule has 4 aromatic rings. The minimum atomic E-state index is -0.428. The molecule has 0 spiro atoms. The number of aromatic amines is 1. The normalized spacial score (nSPS) is 10.8. The summed E-state index contributed by atoms with van der Waals surface area (Å²) in [6.45, 7) is 2.65. The van der Waals surface area contributed by atoms with Crippen molar-refractivity contribution in [2.45, 2.75) is 20.1 Å². The van der Waals surface area contributed by atoms with E-state index in [-0.39, 0.29) is 12.2 Å². The summed E-state index contributed by atoms with van der Waals surface area (Å²) in [7, 11) is 1.61. The first-order chi connectivity index (χ1) is 17.4. The Morgan fingerprint density at radius 2 is 1.89 bits per heavy atom. The largest absolute Gasteiger partial charge is 0.496 e. The number of hydrogen-bond acceptors (Lipinski definition) is 6. The number of nitrogens with one attached hydrogen (secondary N) is 2. The van der Waals surface area contributed by atoms with E-state index >= 15 is 0 Å². The zero-order valence-electron chi connectivity index (χ0n) is 19.5. The minimum Gasteiger partial charge on any atom is -0.496 e. The molecule has 0 saturated carbocycles. The number of para-hydroxylation sites is 1. The van der Waals surface area contributed by atoms with Crippen molar-refractivity contribution in [2.24, 2.45) is 0 Å². The van der Waals surface area contributed by atoms with Crippen LogP contribution in [0, 0.1) is 10.6 Å². The first kappa shape index (κ1) is 26.0. The summed E-state index contributed by atoms with van der Waals surface area (Å²) in [5.41, 5.74) is 5.24. The SMILES string of the molecule is CCOc1cc(CNn2c(-c3ccccc3OC)n[nH]c2=S)c(Br)cc1OCc1c(F)cccc1Cl. The van der Waals surface area contributed by atoms with Crippen LogP contribution in [0.5, 0.6) is 17.2 Å². The lowest BCUT2D eigenvalue weighted by atomic mass is 10.2. The fourth-order valence-corrected chi connectivity index (χ4v) is 4.41. The molecule has 11 heteroatoms. The predicted molar refractivity (Wildman–Crippen MR) is 144 cm³/mol. The van der Waals surface area contributed by atoms with E-state index in [0.717, 1.165) is 15.6 Å². The van der Waals surface area contributed by atoms with Crippen LogP contribution < -0.4 is 19.6 Å². The van der Waals surface area contributed by atoms with Crippen molar-refractivity contribution in [3.05, 3.63) is 85.8 Å². The van der Waals surface area contributed by atoms with Gasteiger partial charge in [-0.2, -0.15) is 5.10 Å². The van der Waals surface area contributed by atoms with Crippen LogP contribution in [0.15, 0.2) is 59.1 Å². The molecule has 0 aliphatic rings. The maximum atomic E-state index is 14.2. The van der Waals surface area contributed by atoms with Gasteiger partial charge in [0.25, 0.3) is 0 Å². The number of aromatic nitrogens is 3. The van der Waals surface area contributed by atoms with Crippen LogP contribution in [-0.4, -0.2) is 28.6 Å². The van der Waals surface area contributed by atoms with Gasteiger partial charge in [-0.3, -0.25) is 0 Å². The third kappa shape index (κ3) is 5.66. The van der Waals surface area contributed by atoms with E-state index in [1.54, 1.807) is 30.0 Å². The van der Waals surface area contributed by atoms with Gasteiger partial charge in [0.15, 0.2) is 17.3 Å². The lowest BCUT2D eigenvalue weighted by molar-refractivity contribution is 0.265. The van der Waals surface area contributed by atoms with Gasteiger partial charge in [0.05, 0.1) is 30.8 Å². The molecule has 0 aliphatic heterocycles. The highest BCUT2D eigenvalue weighted by molar-refractivity contribution is 9.10. The number of ether oxygens (including phenoxy) is 3. The molecular formula is C25H23BrClFN4O3S. The van der Waals surface area contributed by atoms with Crippen molar-refractivity contribution in [1.82, 2.24) is 14.9 Å². The first-order valence-corrected chi connectivity index (χ1v) is 12.6. The van der Waals surface area contributed by atoms with Crippen LogP contribution in [0.4, 0.5) is 4.39 Å². The number of H-pyrrole nitrogens is 1. The third-order valence-electron chi connectivity index (χ3n) is 5.29. The molecule has 3 aromatic carbocycles. The van der Waals surface area contributed by atoms with Crippen LogP contribution in [0.1, 0.15) is 18.1 Å². The summed E-state index contributed by atoms with van der Waals surface area (Å²) in [5.74, 6) is 1.81. The average Bonchev–Trinajstić information content (AvgIpc) is 3.24. The minimum absolute atomic E-state index is 0.0396. The van der Waals surface area contributed by atoms with Gasteiger partial charge in [-0.05, 0) is 61.1 Å². The predicted octanol–water partition coefficient (Wildman–Crippen LogP) is 6.89. The Bertz CT molecular complexity index is 1410. The quantitative estimate of drug-likeness (QED) is 0.195. The van der Waals surface area contributed by atoms with E-state index in [1.807, 2.05) is 37.3 Å². The smallest absolute Gasteiger partial charge is 0.214 e. The Morgan fingerprint density at radius 3 is 2.64 bits per heavy atom. The van der Waals surface area contributed by atoms with Crippen molar-refractivity contribution >= 4 is 39.7 Å². The molecule has 0 fully saturated rings. The van der Waals surface area contributed by atoms with Gasteiger partial charge in [-0.15, -0.1) is 0 Å². The summed E-state index contributed by atoms with van der Waals surface area (Å²) in [6, 6.07) is 15.7. The highest BCUT2D eigenvalue weighted by atomic mass is 79.9. The molecule has 7 nitrogen and oxygen atoms in total. The van der Waals surface area contributed by atoms with Crippen LogP contribution in [-0.2, 0) is 13.2 Å². The van der Waals surface area contributed by atoms with Crippen LogP contribution >= 0.6 is 39.7 Å². The third-order valence-corrected chi connectivity index (χ3v) is 6.66. The van der Waals surface area contributed by atoms with Gasteiger partial charge in [-0.1, -0.05) is 45.7 Å². The number of halogens is 3. The second-order valence-corrected chi connectivity index (χ2v) is 9.18. The van der Waals surface area contributed by atoms with Crippen molar-refractivity contribution in [3.8, 4) is 28.6 Å². The maximum absolute atomic E-state index is 14.2. The molecule has 1 heterocycles. The first-order valence-electron chi connectivity index (χ1n) is 11.0. The van der Waals surface area contributed by atoms with Gasteiger partial charge in [0.1, 0.15) is 18.2 Å². The van der Waals surface area contributed by atoms with E-state index in [9.17, 15) is 4.39 Å². The fourth-order valence-electron chi connectivity index (χ4n) is 3.53. The molecule has 2 N–H and O–H groups in total. The lowest BCUT2D eigenvalue weighted by Crippen LogP contribution is -2.16. The van der Waals surface area contributed by atoms with Crippen molar-refractivity contribution in [3.63, 3.8) is 0 Å². The monoisotopic (exact) mass is 592 g/mol. The van der Waals surface area contributed by atoms with E-state index in [4.69, 9.17) is 38.0 Å². The Balaban J connectivity index is 1.58. The molecule has 0 aliphatic carbocycles. The van der Waals surface area contributed by atoms with E-state index in [0.29, 0.717) is 46.0 Å². The molecule has 0 amide bonds. The maximum Gasteiger partial charge on any atom is 0.214 e. The summed E-state index contributed by atoms with van der Waals surface area (Å²) in [5, 5.41) is 7.48. The van der Waals surface area contributed by atoms with Gasteiger partial charge >= 0.3 is 0 Å². The number of methoxy groups -OCH3 is 1. The Kier molecular flexibility index (Phi) is 8.50. The molecule has 0 saturated heterocycles. The zero-order valence-corrected chi connectivity index (χ0v) is 22.6. The van der Waals surface area contributed by atoms with Gasteiger partial charge in [0, 0.05) is 10.0 Å². The fraction of sp³-hybridized carbons (Fsp3) is 0.200. The Morgan fingerprint density at radius 1 is 1.11 bits per heavy atom. The molecular weight excluding hydrogens is 571 g/mol. The molecule has 0 unspecified atom stereocenters. The zero-order chi connectivity index (χ0) is 25.7. The van der Waals surface area contributed by atoms with Gasteiger partial charge in [0.2, 0.25) is 4.77 Å². The summed E-state index contributed by atoms with van der Waals surface area (Å²) in [4.78, 5) is 0. The highest BCUT2D eigenvalue weighted by Gasteiger charge is 2.16. The molecule has 36 heavy (non-hydrogen) atoms. The molecule has 1 aromatic heterocycles. The van der Waals surface area contributed by atoms with Gasteiger partial charge in [-0.25, -0.2) is 14.2 Å². The van der Waals surface area contributed by atoms with E-state index in [2.05, 4.69) is 31.6 Å². The second-order valence-electron chi connectivity index (χ2n) is 7.54. The molecule has 0 radical (unpaired) electrons. The number of rotatable bonds is 10. The average molecular weight is 594 g/mol. The Labute approximate surface area is 226 Å². The number of hydrogen-bond donors (Lipinski definition) is 2. The number of nitrogens with zero attached hydrogens (tertiary/aromatic N) is 2. The van der Waals surface area contributed by atoms with E-state index < -0.39 is 5.82 Å². The van der Waals surface area contributed by atoms with Crippen molar-refractivity contribution in [2.75, 3.05) is 19.1 Å². The van der Waals surface area contributed by atoms with E-state index in [1.165, 1.54) is 6.07 Å². The molecule has 4 rings (SSSR count). The van der Waals surface area contributed by atoms with Crippen LogP contribution in [0.2, 0.25) is 5.02 Å². The summed E-state index contributed by atoms with van der Waals surface area (Å²) in [6.07, 6.45) is 0. The topological polar surface area (TPSA) is 73.3 Å². The Hall–Kier alpha value is -3.08. The number of benzene rings is 3. The molecule has 0 atom stereocenters. The van der Waals surface area contributed by atoms with Crippen LogP contribution in [0.25, 0.3) is 11.4 Å². The molecule has 188 valence electrons. The van der Waals surface area contributed by atoms with Gasteiger partial charge < -0.3 is 19.6 Å². The summed E-state index contributed by atoms with van der Waals surface area (Å²) < 4.78 is 34.2. The molecule has 0 bridgehead atoms. The second kappa shape index (κ2) is 11.8. The van der Waals surface area contributed by atoms with Crippen molar-refractivity contribution in [1.29, 1.82) is 0 Å². The lowest BCUT2D eigenvalue weighted by Gasteiger charge is -2.17. The van der Waals surface area contributed by atoms with Crippen LogP contribution in [0.3, 0.4) is 0 Å².